The molecule has 0 unspecified atom stereocenters. The Morgan fingerprint density at radius 1 is 1.00 bits per heavy atom. The molecule has 0 saturated carbocycles. The van der Waals surface area contributed by atoms with E-state index in [0.29, 0.717) is 28.2 Å². The first kappa shape index (κ1) is 22.5. The Labute approximate surface area is 180 Å². The molecule has 0 aromatic heterocycles. The summed E-state index contributed by atoms with van der Waals surface area (Å²) in [5.41, 5.74) is 1.63. The zero-order valence-electron chi connectivity index (χ0n) is 15.8. The molecule has 150 valence electrons. The minimum absolute atomic E-state index is 0.121. The number of benzene rings is 2. The lowest BCUT2D eigenvalue weighted by Gasteiger charge is -2.29. The van der Waals surface area contributed by atoms with E-state index in [1.54, 1.807) is 42.2 Å². The van der Waals surface area contributed by atoms with Crippen LogP contribution in [-0.4, -0.2) is 29.3 Å². The molecule has 0 aliphatic rings. The van der Waals surface area contributed by atoms with Crippen molar-refractivity contribution in [2.45, 2.75) is 39.3 Å². The molecule has 2 aromatic rings. The minimum atomic E-state index is -0.613. The van der Waals surface area contributed by atoms with Crippen LogP contribution in [-0.2, 0) is 22.6 Å². The summed E-state index contributed by atoms with van der Waals surface area (Å²) in [6.07, 6.45) is 0.947. The molecule has 0 saturated heterocycles. The maximum atomic E-state index is 13.0. The van der Waals surface area contributed by atoms with Crippen LogP contribution in [0.1, 0.15) is 31.4 Å². The summed E-state index contributed by atoms with van der Waals surface area (Å²) in [5, 5.41) is 4.29. The lowest BCUT2D eigenvalue weighted by Crippen LogP contribution is -2.48. The molecule has 0 heterocycles. The summed E-state index contributed by atoms with van der Waals surface area (Å²) < 4.78 is 0. The van der Waals surface area contributed by atoms with Crippen LogP contribution in [0.25, 0.3) is 0 Å². The monoisotopic (exact) mass is 440 g/mol. The van der Waals surface area contributed by atoms with E-state index in [1.807, 2.05) is 19.1 Å². The minimum Gasteiger partial charge on any atom is -0.354 e. The number of hydrogen-bond donors (Lipinski definition) is 1. The van der Waals surface area contributed by atoms with E-state index < -0.39 is 6.04 Å². The second kappa shape index (κ2) is 10.7. The van der Waals surface area contributed by atoms with Crippen molar-refractivity contribution in [1.29, 1.82) is 0 Å². The van der Waals surface area contributed by atoms with E-state index in [-0.39, 0.29) is 18.2 Å². The molecule has 0 aliphatic heterocycles. The summed E-state index contributed by atoms with van der Waals surface area (Å²) in [5.74, 6) is -0.356. The highest BCUT2D eigenvalue weighted by Gasteiger charge is 2.26. The topological polar surface area (TPSA) is 49.4 Å². The quantitative estimate of drug-likeness (QED) is 0.617. The fraction of sp³-hybridized carbons (Fsp3) is 0.333. The Balaban J connectivity index is 2.21. The maximum absolute atomic E-state index is 13.0. The molecule has 4 nitrogen and oxygen atoms in total. The first-order chi connectivity index (χ1) is 13.3. The van der Waals surface area contributed by atoms with Gasteiger partial charge in [0.25, 0.3) is 0 Å². The summed E-state index contributed by atoms with van der Waals surface area (Å²) in [4.78, 5) is 27.1. The maximum Gasteiger partial charge on any atom is 0.242 e. The molecule has 0 bridgehead atoms. The second-order valence-corrected chi connectivity index (χ2v) is 7.79. The third-order valence-electron chi connectivity index (χ3n) is 4.32. The van der Waals surface area contributed by atoms with Crippen LogP contribution in [0.4, 0.5) is 0 Å². The van der Waals surface area contributed by atoms with E-state index in [4.69, 9.17) is 34.8 Å². The smallest absolute Gasteiger partial charge is 0.242 e. The third kappa shape index (κ3) is 6.40. The highest BCUT2D eigenvalue weighted by atomic mass is 35.5. The number of carbonyl (C=O) groups excluding carboxylic acids is 2. The summed E-state index contributed by atoms with van der Waals surface area (Å²) in [7, 11) is 0. The number of rotatable bonds is 8. The van der Waals surface area contributed by atoms with E-state index in [1.165, 1.54) is 0 Å². The van der Waals surface area contributed by atoms with Crippen molar-refractivity contribution in [2.24, 2.45) is 0 Å². The van der Waals surface area contributed by atoms with E-state index in [9.17, 15) is 9.59 Å². The third-order valence-corrected chi connectivity index (χ3v) is 5.31. The highest BCUT2D eigenvalue weighted by molar-refractivity contribution is 6.42. The van der Waals surface area contributed by atoms with Gasteiger partial charge in [-0.25, -0.2) is 0 Å². The van der Waals surface area contributed by atoms with E-state index >= 15 is 0 Å². The summed E-state index contributed by atoms with van der Waals surface area (Å²) in [6, 6.07) is 11.7. The Kier molecular flexibility index (Phi) is 8.61. The van der Waals surface area contributed by atoms with Crippen LogP contribution < -0.4 is 5.32 Å². The van der Waals surface area contributed by atoms with Crippen molar-refractivity contribution in [3.63, 3.8) is 0 Å². The molecule has 1 atom stereocenters. The van der Waals surface area contributed by atoms with Gasteiger partial charge < -0.3 is 10.2 Å². The molecule has 0 spiro atoms. The second-order valence-electron chi connectivity index (χ2n) is 6.54. The number of hydrogen-bond acceptors (Lipinski definition) is 2. The standard InChI is InChI=1S/C21H23Cl3N2O2/c1-3-10-25-21(28)14(2)26(13-15-4-7-17(22)8-5-15)20(27)12-16-6-9-18(23)19(24)11-16/h4-9,11,14H,3,10,12-13H2,1-2H3,(H,25,28)/t14-/m1/s1. The number of halogens is 3. The van der Waals surface area contributed by atoms with Crippen molar-refractivity contribution in [3.8, 4) is 0 Å². The molecular formula is C21H23Cl3N2O2. The van der Waals surface area contributed by atoms with Crippen molar-refractivity contribution >= 4 is 46.6 Å². The van der Waals surface area contributed by atoms with Crippen LogP contribution in [0.2, 0.25) is 15.1 Å². The van der Waals surface area contributed by atoms with E-state index in [2.05, 4.69) is 5.32 Å². The Bertz CT molecular complexity index is 825. The predicted octanol–water partition coefficient (Wildman–Crippen LogP) is 5.13. The number of nitrogens with one attached hydrogen (secondary N) is 1. The van der Waals surface area contributed by atoms with Crippen molar-refractivity contribution in [3.05, 3.63) is 68.7 Å². The van der Waals surface area contributed by atoms with Gasteiger partial charge in [0.1, 0.15) is 6.04 Å². The van der Waals surface area contributed by atoms with Crippen LogP contribution in [0, 0.1) is 0 Å². The fourth-order valence-corrected chi connectivity index (χ4v) is 3.14. The van der Waals surface area contributed by atoms with Gasteiger partial charge in [0.2, 0.25) is 11.8 Å². The van der Waals surface area contributed by atoms with Crippen LogP contribution >= 0.6 is 34.8 Å². The molecule has 1 N–H and O–H groups in total. The number of amides is 2. The lowest BCUT2D eigenvalue weighted by atomic mass is 10.1. The summed E-state index contributed by atoms with van der Waals surface area (Å²) >= 11 is 18.0. The average molecular weight is 442 g/mol. The molecule has 2 rings (SSSR count). The van der Waals surface area contributed by atoms with Crippen molar-refractivity contribution in [1.82, 2.24) is 10.2 Å². The van der Waals surface area contributed by atoms with Crippen molar-refractivity contribution in [2.75, 3.05) is 6.54 Å². The average Bonchev–Trinajstić information content (AvgIpc) is 2.67. The largest absolute Gasteiger partial charge is 0.354 e. The predicted molar refractivity (Wildman–Crippen MR) is 115 cm³/mol. The van der Waals surface area contributed by atoms with Crippen LogP contribution in [0.5, 0.6) is 0 Å². The first-order valence-electron chi connectivity index (χ1n) is 9.07. The van der Waals surface area contributed by atoms with Gasteiger partial charge in [0, 0.05) is 18.1 Å². The van der Waals surface area contributed by atoms with Gasteiger partial charge in [-0.2, -0.15) is 0 Å². The van der Waals surface area contributed by atoms with Gasteiger partial charge in [-0.3, -0.25) is 9.59 Å². The van der Waals surface area contributed by atoms with Gasteiger partial charge in [0.15, 0.2) is 0 Å². The van der Waals surface area contributed by atoms with Gasteiger partial charge in [-0.05, 0) is 48.7 Å². The number of carbonyl (C=O) groups is 2. The number of nitrogens with zero attached hydrogens (tertiary/aromatic N) is 1. The summed E-state index contributed by atoms with van der Waals surface area (Å²) in [6.45, 7) is 4.58. The van der Waals surface area contributed by atoms with Gasteiger partial charge >= 0.3 is 0 Å². The normalized spacial score (nSPS) is 11.8. The fourth-order valence-electron chi connectivity index (χ4n) is 2.69. The molecule has 0 radical (unpaired) electrons. The van der Waals surface area contributed by atoms with Gasteiger partial charge in [-0.1, -0.05) is 59.9 Å². The van der Waals surface area contributed by atoms with Crippen LogP contribution in [0.3, 0.4) is 0 Å². The SMILES string of the molecule is CCCNC(=O)[C@@H](C)N(Cc1ccc(Cl)cc1)C(=O)Cc1ccc(Cl)c(Cl)c1. The van der Waals surface area contributed by atoms with E-state index in [0.717, 1.165) is 17.5 Å². The molecule has 2 amide bonds. The van der Waals surface area contributed by atoms with Crippen LogP contribution in [0.15, 0.2) is 42.5 Å². The molecular weight excluding hydrogens is 419 g/mol. The molecule has 7 heteroatoms. The Morgan fingerprint density at radius 3 is 2.25 bits per heavy atom. The lowest BCUT2D eigenvalue weighted by molar-refractivity contribution is -0.140. The Hall–Kier alpha value is -1.75. The van der Waals surface area contributed by atoms with Gasteiger partial charge in [-0.15, -0.1) is 0 Å². The van der Waals surface area contributed by atoms with Gasteiger partial charge in [0.05, 0.1) is 16.5 Å². The first-order valence-corrected chi connectivity index (χ1v) is 10.2. The molecule has 2 aromatic carbocycles. The Morgan fingerprint density at radius 2 is 1.64 bits per heavy atom. The highest BCUT2D eigenvalue weighted by Crippen LogP contribution is 2.23. The molecule has 28 heavy (non-hydrogen) atoms. The molecule has 0 aliphatic carbocycles. The molecule has 0 fully saturated rings. The zero-order valence-corrected chi connectivity index (χ0v) is 18.1. The zero-order chi connectivity index (χ0) is 20.7. The van der Waals surface area contributed by atoms with Crippen molar-refractivity contribution < 1.29 is 9.59 Å².